The van der Waals surface area contributed by atoms with Crippen molar-refractivity contribution in [3.63, 3.8) is 0 Å². The molecule has 0 aliphatic carbocycles. The Morgan fingerprint density at radius 1 is 1.30 bits per heavy atom. The highest BCUT2D eigenvalue weighted by Crippen LogP contribution is 2.18. The predicted octanol–water partition coefficient (Wildman–Crippen LogP) is 3.89. The van der Waals surface area contributed by atoms with E-state index in [1.54, 1.807) is 12.1 Å². The van der Waals surface area contributed by atoms with Gasteiger partial charge in [-0.3, -0.25) is 4.90 Å². The maximum absolute atomic E-state index is 11.0. The number of nitrogens with zero attached hydrogens (tertiary/aromatic N) is 1. The third kappa shape index (κ3) is 6.20. The third-order valence-electron chi connectivity index (χ3n) is 2.90. The molecular formula is C17H27NO2. The van der Waals surface area contributed by atoms with Gasteiger partial charge in [0.25, 0.3) is 0 Å². The summed E-state index contributed by atoms with van der Waals surface area (Å²) in [5, 5.41) is 9.06. The van der Waals surface area contributed by atoms with Crippen LogP contribution in [0.2, 0.25) is 0 Å². The number of carboxylic acids is 1. The van der Waals surface area contributed by atoms with E-state index < -0.39 is 5.97 Å². The normalized spacial score (nSPS) is 12.2. The third-order valence-corrected chi connectivity index (χ3v) is 2.90. The Hall–Kier alpha value is -1.35. The van der Waals surface area contributed by atoms with E-state index in [0.717, 1.165) is 25.2 Å². The van der Waals surface area contributed by atoms with Crippen molar-refractivity contribution >= 4 is 5.97 Å². The van der Waals surface area contributed by atoms with Crippen LogP contribution >= 0.6 is 0 Å². The number of benzene rings is 1. The second kappa shape index (κ2) is 6.89. The summed E-state index contributed by atoms with van der Waals surface area (Å²) in [4.78, 5) is 13.4. The van der Waals surface area contributed by atoms with Crippen LogP contribution < -0.4 is 0 Å². The second-order valence-corrected chi connectivity index (χ2v) is 7.13. The van der Waals surface area contributed by atoms with Crippen molar-refractivity contribution in [3.8, 4) is 0 Å². The summed E-state index contributed by atoms with van der Waals surface area (Å²) in [6.45, 7) is 13.9. The number of hydrogen-bond donors (Lipinski definition) is 1. The Labute approximate surface area is 122 Å². The van der Waals surface area contributed by atoms with Crippen LogP contribution in [0.15, 0.2) is 24.3 Å². The zero-order valence-corrected chi connectivity index (χ0v) is 13.3. The highest BCUT2D eigenvalue weighted by molar-refractivity contribution is 5.87. The summed E-state index contributed by atoms with van der Waals surface area (Å²) in [6.07, 6.45) is 0. The fourth-order valence-electron chi connectivity index (χ4n) is 2.43. The first-order valence-corrected chi connectivity index (χ1v) is 7.22. The van der Waals surface area contributed by atoms with Gasteiger partial charge < -0.3 is 5.11 Å². The molecule has 0 fully saturated rings. The van der Waals surface area contributed by atoms with Crippen LogP contribution in [0.3, 0.4) is 0 Å². The fourth-order valence-corrected chi connectivity index (χ4v) is 2.43. The van der Waals surface area contributed by atoms with Gasteiger partial charge in [-0.25, -0.2) is 4.79 Å². The quantitative estimate of drug-likeness (QED) is 0.857. The molecule has 0 aromatic heterocycles. The topological polar surface area (TPSA) is 40.5 Å². The molecule has 3 nitrogen and oxygen atoms in total. The Bertz CT molecular complexity index is 447. The summed E-state index contributed by atoms with van der Waals surface area (Å²) in [5.74, 6) is -0.266. The summed E-state index contributed by atoms with van der Waals surface area (Å²) in [5.41, 5.74) is 1.66. The van der Waals surface area contributed by atoms with E-state index in [4.69, 9.17) is 5.11 Å². The second-order valence-electron chi connectivity index (χ2n) is 7.13. The van der Waals surface area contributed by atoms with Gasteiger partial charge >= 0.3 is 5.97 Å². The Morgan fingerprint density at radius 2 is 1.95 bits per heavy atom. The first kappa shape index (κ1) is 16.7. The maximum atomic E-state index is 11.0. The molecule has 0 aliphatic heterocycles. The van der Waals surface area contributed by atoms with Crippen molar-refractivity contribution in [2.24, 2.45) is 11.3 Å². The SMILES string of the molecule is CC(C)CN(Cc1cccc(C(=O)O)c1)CC(C)(C)C. The molecule has 20 heavy (non-hydrogen) atoms. The van der Waals surface area contributed by atoms with E-state index in [0.29, 0.717) is 11.5 Å². The average Bonchev–Trinajstić information content (AvgIpc) is 2.25. The van der Waals surface area contributed by atoms with Crippen LogP contribution in [0.5, 0.6) is 0 Å². The molecule has 0 amide bonds. The van der Waals surface area contributed by atoms with Gasteiger partial charge in [-0.1, -0.05) is 46.8 Å². The molecule has 0 bridgehead atoms. The number of aromatic carboxylic acids is 1. The zero-order valence-electron chi connectivity index (χ0n) is 13.3. The molecule has 0 saturated heterocycles. The monoisotopic (exact) mass is 277 g/mol. The highest BCUT2D eigenvalue weighted by atomic mass is 16.4. The van der Waals surface area contributed by atoms with Crippen LogP contribution in [0, 0.1) is 11.3 Å². The van der Waals surface area contributed by atoms with Gasteiger partial charge in [0, 0.05) is 19.6 Å². The van der Waals surface area contributed by atoms with Gasteiger partial charge in [0.1, 0.15) is 0 Å². The van der Waals surface area contributed by atoms with Crippen molar-refractivity contribution in [1.29, 1.82) is 0 Å². The molecule has 1 aromatic rings. The Kier molecular flexibility index (Phi) is 5.75. The van der Waals surface area contributed by atoms with Crippen LogP contribution in [-0.2, 0) is 6.54 Å². The molecule has 0 radical (unpaired) electrons. The Morgan fingerprint density at radius 3 is 2.45 bits per heavy atom. The van der Waals surface area contributed by atoms with E-state index in [1.165, 1.54) is 0 Å². The number of carboxylic acid groups (broad SMARTS) is 1. The smallest absolute Gasteiger partial charge is 0.335 e. The molecule has 0 unspecified atom stereocenters. The van der Waals surface area contributed by atoms with E-state index in [2.05, 4.69) is 39.5 Å². The zero-order chi connectivity index (χ0) is 15.3. The van der Waals surface area contributed by atoms with Crippen LogP contribution in [-0.4, -0.2) is 29.1 Å². The molecular weight excluding hydrogens is 250 g/mol. The Balaban J connectivity index is 2.83. The van der Waals surface area contributed by atoms with Gasteiger partial charge in [-0.05, 0) is 29.0 Å². The lowest BCUT2D eigenvalue weighted by atomic mass is 9.95. The number of carbonyl (C=O) groups is 1. The minimum atomic E-state index is -0.863. The van der Waals surface area contributed by atoms with E-state index in [9.17, 15) is 4.79 Å². The number of hydrogen-bond acceptors (Lipinski definition) is 2. The fraction of sp³-hybridized carbons (Fsp3) is 0.588. The minimum absolute atomic E-state index is 0.235. The van der Waals surface area contributed by atoms with Crippen molar-refractivity contribution < 1.29 is 9.90 Å². The van der Waals surface area contributed by atoms with Crippen LogP contribution in [0.25, 0.3) is 0 Å². The summed E-state index contributed by atoms with van der Waals surface area (Å²) in [6, 6.07) is 7.24. The van der Waals surface area contributed by atoms with Crippen molar-refractivity contribution in [3.05, 3.63) is 35.4 Å². The molecule has 0 aliphatic rings. The molecule has 112 valence electrons. The van der Waals surface area contributed by atoms with Gasteiger partial charge in [-0.2, -0.15) is 0 Å². The molecule has 1 rings (SSSR count). The molecule has 0 heterocycles. The summed E-state index contributed by atoms with van der Waals surface area (Å²) >= 11 is 0. The van der Waals surface area contributed by atoms with Crippen molar-refractivity contribution in [2.75, 3.05) is 13.1 Å². The first-order valence-electron chi connectivity index (χ1n) is 7.22. The van der Waals surface area contributed by atoms with Gasteiger partial charge in [0.2, 0.25) is 0 Å². The highest BCUT2D eigenvalue weighted by Gasteiger charge is 2.18. The molecule has 0 atom stereocenters. The van der Waals surface area contributed by atoms with Crippen molar-refractivity contribution in [1.82, 2.24) is 4.90 Å². The molecule has 0 spiro atoms. The molecule has 1 N–H and O–H groups in total. The maximum Gasteiger partial charge on any atom is 0.335 e. The summed E-state index contributed by atoms with van der Waals surface area (Å²) in [7, 11) is 0. The largest absolute Gasteiger partial charge is 0.478 e. The lowest BCUT2D eigenvalue weighted by molar-refractivity contribution is 0.0696. The van der Waals surface area contributed by atoms with E-state index in [1.807, 2.05) is 12.1 Å². The predicted molar refractivity (Wildman–Crippen MR) is 83.0 cm³/mol. The first-order chi connectivity index (χ1) is 9.17. The number of rotatable bonds is 6. The van der Waals surface area contributed by atoms with E-state index >= 15 is 0 Å². The molecule has 0 saturated carbocycles. The van der Waals surface area contributed by atoms with Crippen LogP contribution in [0.1, 0.15) is 50.5 Å². The van der Waals surface area contributed by atoms with E-state index in [-0.39, 0.29) is 5.41 Å². The molecule has 1 aromatic carbocycles. The van der Waals surface area contributed by atoms with Gasteiger partial charge in [0.15, 0.2) is 0 Å². The standard InChI is InChI=1S/C17H27NO2/c1-13(2)10-18(12-17(3,4)5)11-14-7-6-8-15(9-14)16(19)20/h6-9,13H,10-12H2,1-5H3,(H,19,20). The minimum Gasteiger partial charge on any atom is -0.478 e. The van der Waals surface area contributed by atoms with Crippen molar-refractivity contribution in [2.45, 2.75) is 41.2 Å². The lowest BCUT2D eigenvalue weighted by Crippen LogP contribution is -2.35. The average molecular weight is 277 g/mol. The molecule has 3 heteroatoms. The van der Waals surface area contributed by atoms with Gasteiger partial charge in [-0.15, -0.1) is 0 Å². The van der Waals surface area contributed by atoms with Crippen LogP contribution in [0.4, 0.5) is 0 Å². The lowest BCUT2D eigenvalue weighted by Gasteiger charge is -2.31. The van der Waals surface area contributed by atoms with Gasteiger partial charge in [0.05, 0.1) is 5.56 Å². The summed E-state index contributed by atoms with van der Waals surface area (Å²) < 4.78 is 0.